The molecule has 2 aromatic carbocycles. The van der Waals surface area contributed by atoms with Crippen LogP contribution in [0.2, 0.25) is 0 Å². The number of anilines is 1. The molecule has 0 aromatic heterocycles. The van der Waals surface area contributed by atoms with Gasteiger partial charge < -0.3 is 4.74 Å². The Kier molecular flexibility index (Phi) is 6.38. The van der Waals surface area contributed by atoms with E-state index in [4.69, 9.17) is 4.74 Å². The van der Waals surface area contributed by atoms with E-state index in [0.717, 1.165) is 8.04 Å². The second-order valence-corrected chi connectivity index (χ2v) is 8.54. The number of carbonyl (C=O) groups excluding carboxylic acids is 2. The molecule has 2 aromatic rings. The summed E-state index contributed by atoms with van der Waals surface area (Å²) in [5, 5.41) is 1.24. The Labute approximate surface area is 186 Å². The molecule has 138 valence electrons. The van der Waals surface area contributed by atoms with Crippen molar-refractivity contribution < 1.29 is 14.3 Å². The molecule has 0 spiro atoms. The van der Waals surface area contributed by atoms with Crippen LogP contribution in [-0.4, -0.2) is 18.4 Å². The number of rotatable bonds is 5. The van der Waals surface area contributed by atoms with E-state index in [-0.39, 0.29) is 5.57 Å². The lowest BCUT2D eigenvalue weighted by atomic mass is 10.1. The van der Waals surface area contributed by atoms with Crippen molar-refractivity contribution in [3.8, 4) is 5.75 Å². The minimum atomic E-state index is -0.468. The number of carbonyl (C=O) groups is 2. The summed E-state index contributed by atoms with van der Waals surface area (Å²) >= 11 is 9.04. The van der Waals surface area contributed by atoms with Gasteiger partial charge in [-0.1, -0.05) is 28.6 Å². The summed E-state index contributed by atoms with van der Waals surface area (Å²) in [6.45, 7) is 3.94. The molecule has 5 nitrogen and oxygen atoms in total. The molecule has 27 heavy (non-hydrogen) atoms. The predicted octanol–water partition coefficient (Wildman–Crippen LogP) is 4.84. The Balaban J connectivity index is 1.99. The maximum Gasteiger partial charge on any atom is 0.282 e. The fourth-order valence-electron chi connectivity index (χ4n) is 2.47. The molecule has 3 rings (SSSR count). The first-order chi connectivity index (χ1) is 12.9. The molecule has 1 N–H and O–H groups in total. The van der Waals surface area contributed by atoms with Crippen LogP contribution in [-0.2, 0) is 9.59 Å². The Morgan fingerprint density at radius 3 is 2.56 bits per heavy atom. The van der Waals surface area contributed by atoms with E-state index < -0.39 is 11.8 Å². The summed E-state index contributed by atoms with van der Waals surface area (Å²) in [4.78, 5) is 25.2. The molecule has 1 aliphatic rings. The molecule has 0 radical (unpaired) electrons. The highest BCUT2D eigenvalue weighted by Gasteiger charge is 2.34. The van der Waals surface area contributed by atoms with E-state index in [0.29, 0.717) is 28.1 Å². The first kappa shape index (κ1) is 20.1. The maximum atomic E-state index is 12.8. The van der Waals surface area contributed by atoms with Crippen LogP contribution in [0.4, 0.5) is 5.69 Å². The van der Waals surface area contributed by atoms with Crippen LogP contribution >= 0.6 is 54.5 Å². The van der Waals surface area contributed by atoms with Crippen molar-refractivity contribution in [2.45, 2.75) is 0 Å². The standard InChI is InChI=1S/C19H13Br2IN2O3/c1-2-7-27-17-11(8-12(20)10-16(17)21)9-15-18(25)23-24(19(15)26)14-5-3-13(22)4-6-14/h2-6,8-10H,1,7H2,(H,23,25)/b15-9+. The number of hydrogen-bond donors (Lipinski definition) is 1. The summed E-state index contributed by atoms with van der Waals surface area (Å²) in [6.07, 6.45) is 3.15. The van der Waals surface area contributed by atoms with Gasteiger partial charge in [0.05, 0.1) is 10.2 Å². The van der Waals surface area contributed by atoms with Gasteiger partial charge in [0.1, 0.15) is 17.9 Å². The van der Waals surface area contributed by atoms with Gasteiger partial charge in [-0.3, -0.25) is 15.0 Å². The Morgan fingerprint density at radius 2 is 1.89 bits per heavy atom. The van der Waals surface area contributed by atoms with Gasteiger partial charge in [0, 0.05) is 13.6 Å². The SMILES string of the molecule is C=CCOc1c(Br)cc(Br)cc1/C=C1\C(=O)NN(c2ccc(I)cc2)C1=O. The highest BCUT2D eigenvalue weighted by atomic mass is 127. The van der Waals surface area contributed by atoms with Gasteiger partial charge in [-0.2, -0.15) is 0 Å². The van der Waals surface area contributed by atoms with Crippen LogP contribution < -0.4 is 15.2 Å². The average molecular weight is 604 g/mol. The van der Waals surface area contributed by atoms with Crippen molar-refractivity contribution in [3.63, 3.8) is 0 Å². The molecular formula is C19H13Br2IN2O3. The minimum absolute atomic E-state index is 0.0296. The number of halogens is 3. The van der Waals surface area contributed by atoms with Gasteiger partial charge in [-0.15, -0.1) is 0 Å². The van der Waals surface area contributed by atoms with Gasteiger partial charge >= 0.3 is 0 Å². The molecule has 1 saturated heterocycles. The van der Waals surface area contributed by atoms with E-state index in [2.05, 4.69) is 66.5 Å². The van der Waals surface area contributed by atoms with Crippen molar-refractivity contribution >= 4 is 78.0 Å². The van der Waals surface area contributed by atoms with Crippen LogP contribution in [0, 0.1) is 3.57 Å². The quantitative estimate of drug-likeness (QED) is 0.230. The highest BCUT2D eigenvalue weighted by molar-refractivity contribution is 14.1. The third kappa shape index (κ3) is 4.44. The minimum Gasteiger partial charge on any atom is -0.488 e. The number of amides is 2. The summed E-state index contributed by atoms with van der Waals surface area (Å²) in [5.41, 5.74) is 3.82. The molecule has 0 atom stereocenters. The van der Waals surface area contributed by atoms with Crippen molar-refractivity contribution in [3.05, 3.63) is 72.7 Å². The van der Waals surface area contributed by atoms with E-state index in [1.165, 1.54) is 11.1 Å². The Morgan fingerprint density at radius 1 is 1.19 bits per heavy atom. The number of benzene rings is 2. The van der Waals surface area contributed by atoms with E-state index in [1.807, 2.05) is 18.2 Å². The monoisotopic (exact) mass is 602 g/mol. The predicted molar refractivity (Wildman–Crippen MR) is 120 cm³/mol. The largest absolute Gasteiger partial charge is 0.488 e. The van der Waals surface area contributed by atoms with Crippen molar-refractivity contribution in [1.82, 2.24) is 5.43 Å². The molecule has 1 heterocycles. The van der Waals surface area contributed by atoms with Crippen LogP contribution in [0.15, 0.2) is 63.6 Å². The molecule has 1 aliphatic heterocycles. The lowest BCUT2D eigenvalue weighted by Gasteiger charge is -2.14. The van der Waals surface area contributed by atoms with Gasteiger partial charge in [-0.05, 0) is 81.0 Å². The number of nitrogens with zero attached hydrogens (tertiary/aromatic N) is 1. The van der Waals surface area contributed by atoms with Crippen LogP contribution in [0.3, 0.4) is 0 Å². The topological polar surface area (TPSA) is 58.6 Å². The van der Waals surface area contributed by atoms with E-state index in [1.54, 1.807) is 24.3 Å². The molecule has 0 saturated carbocycles. The lowest BCUT2D eigenvalue weighted by molar-refractivity contribution is -0.117. The lowest BCUT2D eigenvalue weighted by Crippen LogP contribution is -2.35. The summed E-state index contributed by atoms with van der Waals surface area (Å²) in [7, 11) is 0. The number of hydrazine groups is 1. The first-order valence-electron chi connectivity index (χ1n) is 7.76. The highest BCUT2D eigenvalue weighted by Crippen LogP contribution is 2.35. The molecule has 0 aliphatic carbocycles. The normalized spacial score (nSPS) is 15.2. The molecule has 8 heteroatoms. The van der Waals surface area contributed by atoms with Crippen LogP contribution in [0.1, 0.15) is 5.56 Å². The second-order valence-electron chi connectivity index (χ2n) is 5.52. The van der Waals surface area contributed by atoms with Gasteiger partial charge in [0.2, 0.25) is 0 Å². The number of hydrogen-bond acceptors (Lipinski definition) is 3. The average Bonchev–Trinajstić information content (AvgIpc) is 2.90. The fraction of sp³-hybridized carbons (Fsp3) is 0.0526. The third-order valence-corrected chi connectivity index (χ3v) is 5.42. The summed E-state index contributed by atoms with van der Waals surface area (Å²) in [6, 6.07) is 10.9. The zero-order valence-corrected chi connectivity index (χ0v) is 19.2. The van der Waals surface area contributed by atoms with Crippen LogP contribution in [0.5, 0.6) is 5.75 Å². The maximum absolute atomic E-state index is 12.8. The number of ether oxygens (including phenoxy) is 1. The zero-order chi connectivity index (χ0) is 19.6. The molecule has 0 unspecified atom stereocenters. The Hall–Kier alpha value is -1.65. The van der Waals surface area contributed by atoms with Gasteiger partial charge in [-0.25, -0.2) is 5.01 Å². The van der Waals surface area contributed by atoms with Crippen molar-refractivity contribution in [2.75, 3.05) is 11.6 Å². The van der Waals surface area contributed by atoms with Gasteiger partial charge in [0.25, 0.3) is 11.8 Å². The molecule has 0 bridgehead atoms. The van der Waals surface area contributed by atoms with E-state index >= 15 is 0 Å². The fourth-order valence-corrected chi connectivity index (χ4v) is 4.20. The van der Waals surface area contributed by atoms with Crippen LogP contribution in [0.25, 0.3) is 6.08 Å². The molecule has 2 amide bonds. The zero-order valence-electron chi connectivity index (χ0n) is 13.8. The molecule has 1 fully saturated rings. The third-order valence-electron chi connectivity index (χ3n) is 3.66. The Bertz CT molecular complexity index is 958. The smallest absolute Gasteiger partial charge is 0.282 e. The van der Waals surface area contributed by atoms with Gasteiger partial charge in [0.15, 0.2) is 0 Å². The molecular weight excluding hydrogens is 591 g/mol. The van der Waals surface area contributed by atoms with Crippen molar-refractivity contribution in [1.29, 1.82) is 0 Å². The van der Waals surface area contributed by atoms with Crippen molar-refractivity contribution in [2.24, 2.45) is 0 Å². The first-order valence-corrected chi connectivity index (χ1v) is 10.4. The summed E-state index contributed by atoms with van der Waals surface area (Å²) in [5.74, 6) is -0.366. The second kappa shape index (κ2) is 8.57. The van der Waals surface area contributed by atoms with E-state index in [9.17, 15) is 9.59 Å². The summed E-state index contributed by atoms with van der Waals surface area (Å²) < 4.78 is 8.21. The number of nitrogens with one attached hydrogen (secondary N) is 1.